The summed E-state index contributed by atoms with van der Waals surface area (Å²) in [6.07, 6.45) is -2.82. The summed E-state index contributed by atoms with van der Waals surface area (Å²) in [4.78, 5) is 31.0. The molecule has 0 saturated carbocycles. The maximum absolute atomic E-state index is 13.0. The van der Waals surface area contributed by atoms with Gasteiger partial charge in [-0.3, -0.25) is 4.79 Å². The number of carbonyl (C=O) groups excluding carboxylic acids is 2. The van der Waals surface area contributed by atoms with E-state index in [1.807, 2.05) is 13.8 Å². The molecule has 1 heterocycles. The average molecular weight is 418 g/mol. The molecule has 30 heavy (non-hydrogen) atoms. The van der Waals surface area contributed by atoms with E-state index in [0.29, 0.717) is 23.2 Å². The third-order valence-corrected chi connectivity index (χ3v) is 4.71. The van der Waals surface area contributed by atoms with Crippen molar-refractivity contribution in [2.24, 2.45) is 5.16 Å². The Morgan fingerprint density at radius 1 is 1.17 bits per heavy atom. The predicted molar refractivity (Wildman–Crippen MR) is 106 cm³/mol. The Balaban J connectivity index is 1.90. The van der Waals surface area contributed by atoms with Crippen LogP contribution in [0.3, 0.4) is 0 Å². The summed E-state index contributed by atoms with van der Waals surface area (Å²) in [7, 11) is 0. The Kier molecular flexibility index (Phi) is 6.24. The summed E-state index contributed by atoms with van der Waals surface area (Å²) < 4.78 is 39.1. The molecule has 0 bridgehead atoms. The van der Waals surface area contributed by atoms with E-state index in [9.17, 15) is 22.8 Å². The minimum atomic E-state index is -4.47. The smallest absolute Gasteiger partial charge is 0.317 e. The lowest BCUT2D eigenvalue weighted by atomic mass is 10.1. The second-order valence-electron chi connectivity index (χ2n) is 7.12. The molecule has 0 unspecified atom stereocenters. The number of nitrogens with zero attached hydrogens (tertiary/aromatic N) is 2. The first-order valence-electron chi connectivity index (χ1n) is 9.57. The molecule has 0 N–H and O–H groups in total. The fraction of sp³-hybridized carbons (Fsp3) is 0.318. The lowest BCUT2D eigenvalue weighted by Gasteiger charge is -2.18. The van der Waals surface area contributed by atoms with Gasteiger partial charge in [-0.2, -0.15) is 13.2 Å². The standard InChI is InChI=1S/C22H21F3N2O3/c1-3-4-8-19(28)30-26-20-17-11-14(2)9-10-18(17)27(21(20)29)13-15-6-5-7-16(12-15)22(23,24)25/h5-7,9-12H,3-4,8,13H2,1-2H3. The molecule has 0 atom stereocenters. The Hall–Kier alpha value is -3.16. The van der Waals surface area contributed by atoms with Crippen LogP contribution in [0.25, 0.3) is 0 Å². The van der Waals surface area contributed by atoms with E-state index >= 15 is 0 Å². The van der Waals surface area contributed by atoms with Crippen LogP contribution in [0.2, 0.25) is 0 Å². The number of alkyl halides is 3. The lowest BCUT2D eigenvalue weighted by Crippen LogP contribution is -2.30. The molecule has 0 saturated heterocycles. The van der Waals surface area contributed by atoms with Crippen LogP contribution in [-0.2, 0) is 27.1 Å². The summed E-state index contributed by atoms with van der Waals surface area (Å²) >= 11 is 0. The highest BCUT2D eigenvalue weighted by molar-refractivity contribution is 6.54. The highest BCUT2D eigenvalue weighted by atomic mass is 19.4. The van der Waals surface area contributed by atoms with E-state index in [-0.39, 0.29) is 18.7 Å². The van der Waals surface area contributed by atoms with E-state index in [1.54, 1.807) is 18.2 Å². The number of halogens is 3. The minimum absolute atomic E-state index is 0.0366. The fourth-order valence-corrected chi connectivity index (χ4v) is 3.16. The van der Waals surface area contributed by atoms with Crippen molar-refractivity contribution in [1.82, 2.24) is 0 Å². The zero-order chi connectivity index (χ0) is 21.9. The van der Waals surface area contributed by atoms with Gasteiger partial charge >= 0.3 is 12.1 Å². The summed E-state index contributed by atoms with van der Waals surface area (Å²) in [6.45, 7) is 3.71. The van der Waals surface area contributed by atoms with E-state index in [2.05, 4.69) is 5.16 Å². The van der Waals surface area contributed by atoms with Crippen molar-refractivity contribution in [3.8, 4) is 0 Å². The van der Waals surface area contributed by atoms with Crippen LogP contribution in [0.5, 0.6) is 0 Å². The molecule has 158 valence electrons. The van der Waals surface area contributed by atoms with Crippen molar-refractivity contribution in [2.75, 3.05) is 4.90 Å². The number of hydrogen-bond acceptors (Lipinski definition) is 4. The molecule has 2 aromatic rings. The first kappa shape index (κ1) is 21.5. The number of aryl methyl sites for hydroxylation is 1. The molecule has 0 radical (unpaired) electrons. The van der Waals surface area contributed by atoms with E-state index in [4.69, 9.17) is 4.84 Å². The molecule has 0 spiro atoms. The van der Waals surface area contributed by atoms with Crippen LogP contribution >= 0.6 is 0 Å². The maximum Gasteiger partial charge on any atom is 0.416 e. The first-order valence-corrected chi connectivity index (χ1v) is 9.57. The number of anilines is 1. The lowest BCUT2D eigenvalue weighted by molar-refractivity contribution is -0.143. The van der Waals surface area contributed by atoms with Crippen LogP contribution in [-0.4, -0.2) is 17.6 Å². The van der Waals surface area contributed by atoms with Gasteiger partial charge in [-0.05, 0) is 43.2 Å². The van der Waals surface area contributed by atoms with Crippen molar-refractivity contribution < 1.29 is 27.6 Å². The summed E-state index contributed by atoms with van der Waals surface area (Å²) in [5.41, 5.74) is 1.36. The Morgan fingerprint density at radius 3 is 2.63 bits per heavy atom. The molecule has 0 fully saturated rings. The van der Waals surface area contributed by atoms with Gasteiger partial charge in [0.15, 0.2) is 5.71 Å². The van der Waals surface area contributed by atoms with E-state index < -0.39 is 23.6 Å². The molecular weight excluding hydrogens is 397 g/mol. The third kappa shape index (κ3) is 4.69. The number of oxime groups is 1. The molecule has 2 aromatic carbocycles. The monoisotopic (exact) mass is 418 g/mol. The van der Waals surface area contributed by atoms with Crippen LogP contribution in [0.4, 0.5) is 18.9 Å². The van der Waals surface area contributed by atoms with Gasteiger partial charge in [0.2, 0.25) is 0 Å². The quantitative estimate of drug-likeness (QED) is 0.490. The van der Waals surface area contributed by atoms with Gasteiger partial charge in [0, 0.05) is 12.0 Å². The molecule has 1 aliphatic heterocycles. The molecule has 8 heteroatoms. The van der Waals surface area contributed by atoms with Gasteiger partial charge in [-0.15, -0.1) is 0 Å². The zero-order valence-corrected chi connectivity index (χ0v) is 16.6. The molecular formula is C22H21F3N2O3. The number of fused-ring (bicyclic) bond motifs is 1. The topological polar surface area (TPSA) is 59.0 Å². The van der Waals surface area contributed by atoms with Gasteiger partial charge in [-0.25, -0.2) is 4.79 Å². The second-order valence-corrected chi connectivity index (χ2v) is 7.12. The number of benzene rings is 2. The van der Waals surface area contributed by atoms with Crippen LogP contribution in [0, 0.1) is 6.92 Å². The molecule has 1 aliphatic rings. The maximum atomic E-state index is 13.0. The first-order chi connectivity index (χ1) is 14.2. The molecule has 1 amide bonds. The molecule has 0 aliphatic carbocycles. The summed E-state index contributed by atoms with van der Waals surface area (Å²) in [5, 5.41) is 3.78. The van der Waals surface area contributed by atoms with Gasteiger partial charge in [0.05, 0.1) is 17.8 Å². The molecule has 3 rings (SSSR count). The number of unbranched alkanes of at least 4 members (excludes halogenated alkanes) is 1. The Bertz CT molecular complexity index is 999. The van der Waals surface area contributed by atoms with Crippen molar-refractivity contribution in [3.63, 3.8) is 0 Å². The highest BCUT2D eigenvalue weighted by Gasteiger charge is 2.36. The van der Waals surface area contributed by atoms with Gasteiger partial charge in [0.1, 0.15) is 0 Å². The predicted octanol–water partition coefficient (Wildman–Crippen LogP) is 5.00. The van der Waals surface area contributed by atoms with Crippen molar-refractivity contribution in [3.05, 3.63) is 64.7 Å². The number of amides is 1. The van der Waals surface area contributed by atoms with Crippen molar-refractivity contribution in [2.45, 2.75) is 45.8 Å². The van der Waals surface area contributed by atoms with Crippen molar-refractivity contribution in [1.29, 1.82) is 0 Å². The fourth-order valence-electron chi connectivity index (χ4n) is 3.16. The minimum Gasteiger partial charge on any atom is -0.317 e. The zero-order valence-electron chi connectivity index (χ0n) is 16.6. The molecule has 0 aromatic heterocycles. The van der Waals surface area contributed by atoms with Gasteiger partial charge in [-0.1, -0.05) is 42.3 Å². The van der Waals surface area contributed by atoms with E-state index in [0.717, 1.165) is 24.1 Å². The number of hydrogen-bond donors (Lipinski definition) is 0. The van der Waals surface area contributed by atoms with Crippen molar-refractivity contribution >= 4 is 23.3 Å². The van der Waals surface area contributed by atoms with Crippen LogP contribution in [0.1, 0.15) is 48.4 Å². The average Bonchev–Trinajstić information content (AvgIpc) is 2.95. The number of carbonyl (C=O) groups is 2. The van der Waals surface area contributed by atoms with Crippen LogP contribution in [0.15, 0.2) is 47.6 Å². The van der Waals surface area contributed by atoms with Gasteiger partial charge in [0.25, 0.3) is 5.91 Å². The van der Waals surface area contributed by atoms with E-state index in [1.165, 1.54) is 17.0 Å². The largest absolute Gasteiger partial charge is 0.416 e. The molecule has 5 nitrogen and oxygen atoms in total. The summed E-state index contributed by atoms with van der Waals surface area (Å²) in [5.74, 6) is -1.07. The normalized spacial score (nSPS) is 14.9. The third-order valence-electron chi connectivity index (χ3n) is 4.71. The SMILES string of the molecule is CCCCC(=O)ON=C1C(=O)N(Cc2cccc(C(F)(F)F)c2)c2ccc(C)cc21. The number of rotatable bonds is 6. The van der Waals surface area contributed by atoms with Crippen LogP contribution < -0.4 is 4.90 Å². The second kappa shape index (κ2) is 8.69. The highest BCUT2D eigenvalue weighted by Crippen LogP contribution is 2.33. The summed E-state index contributed by atoms with van der Waals surface area (Å²) in [6, 6.07) is 10.1. The Labute approximate surface area is 172 Å². The van der Waals surface area contributed by atoms with Gasteiger partial charge < -0.3 is 9.74 Å². The Morgan fingerprint density at radius 2 is 1.93 bits per heavy atom.